The highest BCUT2D eigenvalue weighted by Crippen LogP contribution is 2.33. The number of rotatable bonds is 5. The molecule has 0 aromatic heterocycles. The SMILES string of the molecule is CC(=O)c1ccc(N2C=CC(c3ccccc3)C(C(=O)c3ccccc3)=C2)cc1. The quantitative estimate of drug-likeness (QED) is 0.528. The number of carbonyl (C=O) groups excluding carboxylic acids is 2. The van der Waals surface area contributed by atoms with Crippen LogP contribution in [0.3, 0.4) is 0 Å². The molecule has 0 spiro atoms. The topological polar surface area (TPSA) is 37.4 Å². The van der Waals surface area contributed by atoms with Gasteiger partial charge in [-0.2, -0.15) is 0 Å². The average molecular weight is 379 g/mol. The first kappa shape index (κ1) is 18.6. The van der Waals surface area contributed by atoms with E-state index in [1.54, 1.807) is 19.1 Å². The summed E-state index contributed by atoms with van der Waals surface area (Å²) in [7, 11) is 0. The van der Waals surface area contributed by atoms with Gasteiger partial charge in [0.05, 0.1) is 0 Å². The van der Waals surface area contributed by atoms with Crippen LogP contribution >= 0.6 is 0 Å². The normalized spacial score (nSPS) is 15.7. The molecule has 0 saturated heterocycles. The van der Waals surface area contributed by atoms with Crippen LogP contribution in [0, 0.1) is 0 Å². The van der Waals surface area contributed by atoms with E-state index in [4.69, 9.17) is 0 Å². The fourth-order valence-corrected chi connectivity index (χ4v) is 3.49. The Morgan fingerprint density at radius 2 is 1.38 bits per heavy atom. The van der Waals surface area contributed by atoms with Crippen molar-refractivity contribution in [3.63, 3.8) is 0 Å². The van der Waals surface area contributed by atoms with Gasteiger partial charge in [0.2, 0.25) is 0 Å². The molecule has 3 aromatic carbocycles. The molecule has 3 heteroatoms. The van der Waals surface area contributed by atoms with E-state index >= 15 is 0 Å². The fraction of sp³-hybridized carbons (Fsp3) is 0.0769. The Morgan fingerprint density at radius 3 is 2.00 bits per heavy atom. The Bertz CT molecular complexity index is 1080. The summed E-state index contributed by atoms with van der Waals surface area (Å²) in [6.45, 7) is 1.55. The van der Waals surface area contributed by atoms with Crippen LogP contribution in [-0.4, -0.2) is 11.6 Å². The van der Waals surface area contributed by atoms with E-state index in [0.717, 1.165) is 11.3 Å². The van der Waals surface area contributed by atoms with E-state index < -0.39 is 0 Å². The number of carbonyl (C=O) groups is 2. The van der Waals surface area contributed by atoms with Crippen LogP contribution in [0.2, 0.25) is 0 Å². The molecular weight excluding hydrogens is 358 g/mol. The molecule has 1 unspecified atom stereocenters. The molecule has 4 rings (SSSR count). The summed E-state index contributed by atoms with van der Waals surface area (Å²) in [5, 5.41) is 0. The van der Waals surface area contributed by atoms with Crippen LogP contribution in [0.4, 0.5) is 5.69 Å². The van der Waals surface area contributed by atoms with Gasteiger partial charge in [0, 0.05) is 40.7 Å². The Balaban J connectivity index is 1.73. The maximum absolute atomic E-state index is 13.3. The predicted molar refractivity (Wildman–Crippen MR) is 116 cm³/mol. The Kier molecular flexibility index (Phi) is 5.21. The summed E-state index contributed by atoms with van der Waals surface area (Å²) in [5.74, 6) is -0.0730. The van der Waals surface area contributed by atoms with Crippen molar-refractivity contribution in [2.24, 2.45) is 0 Å². The molecule has 29 heavy (non-hydrogen) atoms. The van der Waals surface area contributed by atoms with Crippen molar-refractivity contribution in [1.82, 2.24) is 0 Å². The number of allylic oxidation sites excluding steroid dienone is 2. The van der Waals surface area contributed by atoms with Crippen LogP contribution in [0.5, 0.6) is 0 Å². The van der Waals surface area contributed by atoms with Gasteiger partial charge < -0.3 is 4.90 Å². The largest absolute Gasteiger partial charge is 0.324 e. The van der Waals surface area contributed by atoms with E-state index in [2.05, 4.69) is 0 Å². The third-order valence-corrected chi connectivity index (χ3v) is 5.08. The van der Waals surface area contributed by atoms with Gasteiger partial charge in [0.15, 0.2) is 11.6 Å². The molecule has 1 heterocycles. The second kappa shape index (κ2) is 8.11. The highest BCUT2D eigenvalue weighted by Gasteiger charge is 2.25. The van der Waals surface area contributed by atoms with Crippen molar-refractivity contribution in [2.45, 2.75) is 12.8 Å². The Labute approximate surface area is 170 Å². The lowest BCUT2D eigenvalue weighted by Gasteiger charge is -2.27. The van der Waals surface area contributed by atoms with Crippen molar-refractivity contribution in [3.8, 4) is 0 Å². The second-order valence-corrected chi connectivity index (χ2v) is 7.02. The highest BCUT2D eigenvalue weighted by atomic mass is 16.1. The number of hydrogen-bond acceptors (Lipinski definition) is 3. The number of ketones is 2. The summed E-state index contributed by atoms with van der Waals surface area (Å²) in [4.78, 5) is 26.8. The second-order valence-electron chi connectivity index (χ2n) is 7.02. The number of anilines is 1. The molecule has 0 saturated carbocycles. The van der Waals surface area contributed by atoms with Gasteiger partial charge in [0.1, 0.15) is 0 Å². The van der Waals surface area contributed by atoms with Crippen molar-refractivity contribution in [1.29, 1.82) is 0 Å². The van der Waals surface area contributed by atoms with Gasteiger partial charge in [-0.05, 0) is 36.8 Å². The molecule has 3 nitrogen and oxygen atoms in total. The molecule has 0 aliphatic carbocycles. The van der Waals surface area contributed by atoms with Crippen LogP contribution in [-0.2, 0) is 0 Å². The van der Waals surface area contributed by atoms with Crippen LogP contribution in [0.25, 0.3) is 0 Å². The molecule has 0 N–H and O–H groups in total. The van der Waals surface area contributed by atoms with Crippen molar-refractivity contribution in [3.05, 3.63) is 126 Å². The average Bonchev–Trinajstić information content (AvgIpc) is 2.79. The van der Waals surface area contributed by atoms with Crippen molar-refractivity contribution in [2.75, 3.05) is 4.90 Å². The van der Waals surface area contributed by atoms with Gasteiger partial charge in [-0.15, -0.1) is 0 Å². The molecule has 0 fully saturated rings. The Morgan fingerprint density at radius 1 is 0.759 bits per heavy atom. The molecule has 1 aliphatic heterocycles. The number of benzene rings is 3. The summed E-state index contributed by atoms with van der Waals surface area (Å²) in [5.41, 5.74) is 4.02. The third kappa shape index (κ3) is 3.94. The molecule has 0 amide bonds. The Hall–Kier alpha value is -3.72. The number of nitrogens with zero attached hydrogens (tertiary/aromatic N) is 1. The molecular formula is C26H21NO2. The lowest BCUT2D eigenvalue weighted by Crippen LogP contribution is -2.21. The summed E-state index contributed by atoms with van der Waals surface area (Å²) < 4.78 is 0. The van der Waals surface area contributed by atoms with Crippen LogP contribution in [0.15, 0.2) is 109 Å². The molecule has 1 aliphatic rings. The van der Waals surface area contributed by atoms with E-state index in [1.165, 1.54) is 0 Å². The van der Waals surface area contributed by atoms with Gasteiger partial charge in [0.25, 0.3) is 0 Å². The number of hydrogen-bond donors (Lipinski definition) is 0. The van der Waals surface area contributed by atoms with E-state index in [-0.39, 0.29) is 17.5 Å². The van der Waals surface area contributed by atoms with Gasteiger partial charge in [-0.25, -0.2) is 0 Å². The minimum absolute atomic E-state index is 0.00848. The summed E-state index contributed by atoms with van der Waals surface area (Å²) in [6, 6.07) is 26.8. The molecule has 0 radical (unpaired) electrons. The third-order valence-electron chi connectivity index (χ3n) is 5.08. The van der Waals surface area contributed by atoms with Crippen LogP contribution in [0.1, 0.15) is 39.1 Å². The zero-order valence-corrected chi connectivity index (χ0v) is 16.2. The summed E-state index contributed by atoms with van der Waals surface area (Å²) >= 11 is 0. The maximum atomic E-state index is 13.3. The van der Waals surface area contributed by atoms with Crippen LogP contribution < -0.4 is 4.90 Å². The van der Waals surface area contributed by atoms with E-state index in [9.17, 15) is 9.59 Å². The van der Waals surface area contributed by atoms with Gasteiger partial charge in [-0.3, -0.25) is 9.59 Å². The smallest absolute Gasteiger partial charge is 0.191 e. The van der Waals surface area contributed by atoms with Gasteiger partial charge >= 0.3 is 0 Å². The van der Waals surface area contributed by atoms with Crippen molar-refractivity contribution >= 4 is 17.3 Å². The first-order chi connectivity index (χ1) is 14.1. The predicted octanol–water partition coefficient (Wildman–Crippen LogP) is 5.77. The minimum atomic E-state index is -0.114. The zero-order chi connectivity index (χ0) is 20.2. The standard InChI is InChI=1S/C26H21NO2/c1-19(28)20-12-14-23(15-13-20)27-17-16-24(21-8-4-2-5-9-21)25(18-27)26(29)22-10-6-3-7-11-22/h2-18,24H,1H3. The molecule has 0 bridgehead atoms. The molecule has 1 atom stereocenters. The van der Waals surface area contributed by atoms with Gasteiger partial charge in [-0.1, -0.05) is 66.7 Å². The number of Topliss-reactive ketones (excluding diaryl/α,β-unsaturated/α-hetero) is 2. The minimum Gasteiger partial charge on any atom is -0.324 e. The lowest BCUT2D eigenvalue weighted by molar-refractivity contribution is 0.101. The van der Waals surface area contributed by atoms with E-state index in [1.807, 2.05) is 96.2 Å². The first-order valence-electron chi connectivity index (χ1n) is 9.57. The fourth-order valence-electron chi connectivity index (χ4n) is 3.49. The lowest BCUT2D eigenvalue weighted by atomic mass is 9.85. The molecule has 142 valence electrons. The highest BCUT2D eigenvalue weighted by molar-refractivity contribution is 6.10. The van der Waals surface area contributed by atoms with E-state index in [0.29, 0.717) is 16.7 Å². The summed E-state index contributed by atoms with van der Waals surface area (Å²) in [6.07, 6.45) is 5.92. The maximum Gasteiger partial charge on any atom is 0.191 e. The van der Waals surface area contributed by atoms with Crippen molar-refractivity contribution < 1.29 is 9.59 Å². The zero-order valence-electron chi connectivity index (χ0n) is 16.2. The molecule has 3 aromatic rings. The monoisotopic (exact) mass is 379 g/mol. The first-order valence-corrected chi connectivity index (χ1v) is 9.57.